The fourth-order valence-electron chi connectivity index (χ4n) is 2.22. The van der Waals surface area contributed by atoms with E-state index >= 15 is 0 Å². The molecule has 1 aromatic carbocycles. The second-order valence-corrected chi connectivity index (χ2v) is 5.83. The Morgan fingerprint density at radius 3 is 2.31 bits per heavy atom. The summed E-state index contributed by atoms with van der Waals surface area (Å²) in [4.78, 5) is 25.5. The van der Waals surface area contributed by atoms with Gasteiger partial charge in [0.05, 0.1) is 31.0 Å². The maximum absolute atomic E-state index is 13.1. The minimum atomic E-state index is -4.58. The Labute approximate surface area is 155 Å². The van der Waals surface area contributed by atoms with Crippen LogP contribution in [0.25, 0.3) is 0 Å². The third-order valence-electron chi connectivity index (χ3n) is 3.42. The number of hydrogen-bond donors (Lipinski definition) is 0. The number of nitrogens with zero attached hydrogens (tertiary/aromatic N) is 1. The molecule has 0 saturated carbocycles. The number of methoxy groups -OCH3 is 2. The first kappa shape index (κ1) is 19.8. The molecule has 26 heavy (non-hydrogen) atoms. The summed E-state index contributed by atoms with van der Waals surface area (Å²) < 4.78 is 48.9. The van der Waals surface area contributed by atoms with Gasteiger partial charge in [-0.25, -0.2) is 9.59 Å². The number of allylic oxidation sites excluding steroid dienone is 2. The summed E-state index contributed by atoms with van der Waals surface area (Å²) in [5, 5.41) is 0. The fourth-order valence-corrected chi connectivity index (χ4v) is 2.66. The molecule has 0 saturated heterocycles. The topological polar surface area (TPSA) is 55.8 Å². The van der Waals surface area contributed by atoms with Gasteiger partial charge < -0.3 is 14.4 Å². The van der Waals surface area contributed by atoms with Crippen molar-refractivity contribution in [2.75, 3.05) is 19.1 Å². The molecule has 2 rings (SSSR count). The summed E-state index contributed by atoms with van der Waals surface area (Å²) in [5.74, 6) is -1.75. The van der Waals surface area contributed by atoms with Gasteiger partial charge >= 0.3 is 18.1 Å². The van der Waals surface area contributed by atoms with Crippen molar-refractivity contribution in [1.82, 2.24) is 0 Å². The maximum Gasteiger partial charge on any atom is 0.416 e. The predicted octanol–water partition coefficient (Wildman–Crippen LogP) is 3.96. The molecule has 0 amide bonds. The van der Waals surface area contributed by atoms with Crippen molar-refractivity contribution < 1.29 is 32.2 Å². The molecule has 0 bridgehead atoms. The largest absolute Gasteiger partial charge is 0.465 e. The SMILES string of the molecule is COC(=O)C1=C(C(=O)OC)N(c2cc(C(F)(F)F)ccc2Br)C=CC=C1. The highest BCUT2D eigenvalue weighted by molar-refractivity contribution is 9.10. The zero-order valence-corrected chi connectivity index (χ0v) is 15.2. The van der Waals surface area contributed by atoms with E-state index in [4.69, 9.17) is 4.74 Å². The summed E-state index contributed by atoms with van der Waals surface area (Å²) >= 11 is 3.18. The molecule has 0 aliphatic carbocycles. The summed E-state index contributed by atoms with van der Waals surface area (Å²) in [5.41, 5.74) is -1.34. The number of benzene rings is 1. The summed E-state index contributed by atoms with van der Waals surface area (Å²) in [6, 6.07) is 2.96. The highest BCUT2D eigenvalue weighted by Crippen LogP contribution is 2.38. The predicted molar refractivity (Wildman–Crippen MR) is 91.0 cm³/mol. The third-order valence-corrected chi connectivity index (χ3v) is 4.09. The number of anilines is 1. The Kier molecular flexibility index (Phi) is 5.91. The van der Waals surface area contributed by atoms with Crippen molar-refractivity contribution in [3.63, 3.8) is 0 Å². The zero-order valence-electron chi connectivity index (χ0n) is 13.6. The van der Waals surface area contributed by atoms with Crippen molar-refractivity contribution in [2.24, 2.45) is 0 Å². The van der Waals surface area contributed by atoms with Crippen LogP contribution in [0.3, 0.4) is 0 Å². The molecule has 0 spiro atoms. The molecule has 0 radical (unpaired) electrons. The fraction of sp³-hybridized carbons (Fsp3) is 0.176. The number of alkyl halides is 3. The molecule has 1 aliphatic rings. The van der Waals surface area contributed by atoms with Crippen LogP contribution in [0.15, 0.2) is 58.4 Å². The number of ether oxygens (including phenoxy) is 2. The van der Waals surface area contributed by atoms with Crippen molar-refractivity contribution in [3.8, 4) is 0 Å². The van der Waals surface area contributed by atoms with E-state index in [1.807, 2.05) is 0 Å². The smallest absolute Gasteiger partial charge is 0.416 e. The van der Waals surface area contributed by atoms with Gasteiger partial charge in [0.25, 0.3) is 0 Å². The summed E-state index contributed by atoms with van der Waals surface area (Å²) in [6.45, 7) is 0. The lowest BCUT2D eigenvalue weighted by Gasteiger charge is -2.25. The van der Waals surface area contributed by atoms with E-state index in [0.717, 1.165) is 31.3 Å². The van der Waals surface area contributed by atoms with E-state index in [9.17, 15) is 22.8 Å². The lowest BCUT2D eigenvalue weighted by molar-refractivity contribution is -0.139. The van der Waals surface area contributed by atoms with Crippen molar-refractivity contribution >= 4 is 33.6 Å². The number of halogens is 4. The van der Waals surface area contributed by atoms with Crippen LogP contribution in [-0.4, -0.2) is 26.2 Å². The van der Waals surface area contributed by atoms with Gasteiger partial charge in [0.15, 0.2) is 0 Å². The van der Waals surface area contributed by atoms with Gasteiger partial charge in [0, 0.05) is 10.7 Å². The first-order chi connectivity index (χ1) is 12.2. The standard InChI is InChI=1S/C17H13BrF3NO4/c1-25-15(23)11-5-3-4-8-22(14(11)16(24)26-2)13-9-10(17(19,20)21)6-7-12(13)18/h3-9H,1-2H3. The van der Waals surface area contributed by atoms with E-state index in [1.54, 1.807) is 0 Å². The van der Waals surface area contributed by atoms with Crippen molar-refractivity contribution in [2.45, 2.75) is 6.18 Å². The Balaban J connectivity index is 2.73. The maximum atomic E-state index is 13.1. The van der Waals surface area contributed by atoms with Gasteiger partial charge in [-0.1, -0.05) is 6.08 Å². The van der Waals surface area contributed by atoms with Gasteiger partial charge in [0.1, 0.15) is 5.70 Å². The zero-order chi connectivity index (χ0) is 19.5. The van der Waals surface area contributed by atoms with Crippen LogP contribution in [-0.2, 0) is 25.2 Å². The average molecular weight is 432 g/mol. The molecule has 0 fully saturated rings. The van der Waals surface area contributed by atoms with Gasteiger partial charge in [-0.3, -0.25) is 0 Å². The summed E-state index contributed by atoms with van der Waals surface area (Å²) in [6.07, 6.45) is 1.00. The second kappa shape index (κ2) is 7.77. The lowest BCUT2D eigenvalue weighted by Crippen LogP contribution is -2.27. The number of carbonyl (C=O) groups excluding carboxylic acids is 2. The van der Waals surface area contributed by atoms with E-state index in [0.29, 0.717) is 0 Å². The molecule has 138 valence electrons. The normalized spacial score (nSPS) is 14.3. The van der Waals surface area contributed by atoms with E-state index < -0.39 is 23.7 Å². The van der Waals surface area contributed by atoms with Crippen LogP contribution in [0, 0.1) is 0 Å². The molecule has 0 atom stereocenters. The molecular weight excluding hydrogens is 419 g/mol. The van der Waals surface area contributed by atoms with Gasteiger partial charge in [-0.15, -0.1) is 0 Å². The molecule has 0 aromatic heterocycles. The number of rotatable bonds is 3. The van der Waals surface area contributed by atoms with Crippen molar-refractivity contribution in [3.05, 3.63) is 63.9 Å². The second-order valence-electron chi connectivity index (χ2n) is 4.98. The lowest BCUT2D eigenvalue weighted by atomic mass is 10.1. The van der Waals surface area contributed by atoms with Crippen LogP contribution in [0.2, 0.25) is 0 Å². The third kappa shape index (κ3) is 3.98. The molecule has 9 heteroatoms. The minimum absolute atomic E-state index is 0.00146. The van der Waals surface area contributed by atoms with E-state index in [-0.39, 0.29) is 21.4 Å². The summed E-state index contributed by atoms with van der Waals surface area (Å²) in [7, 11) is 2.23. The van der Waals surface area contributed by atoms with Crippen molar-refractivity contribution in [1.29, 1.82) is 0 Å². The quantitative estimate of drug-likeness (QED) is 0.678. The number of esters is 2. The van der Waals surface area contributed by atoms with E-state index in [2.05, 4.69) is 20.7 Å². The Bertz CT molecular complexity index is 828. The van der Waals surface area contributed by atoms with Gasteiger partial charge in [-0.2, -0.15) is 13.2 Å². The number of hydrogen-bond acceptors (Lipinski definition) is 5. The first-order valence-corrected chi connectivity index (χ1v) is 7.91. The van der Waals surface area contributed by atoms with Crippen LogP contribution >= 0.6 is 15.9 Å². The molecule has 0 unspecified atom stereocenters. The average Bonchev–Trinajstić information content (AvgIpc) is 2.82. The van der Waals surface area contributed by atoms with Crippen LogP contribution < -0.4 is 4.90 Å². The minimum Gasteiger partial charge on any atom is -0.465 e. The Morgan fingerprint density at radius 2 is 1.73 bits per heavy atom. The molecule has 5 nitrogen and oxygen atoms in total. The molecule has 0 N–H and O–H groups in total. The first-order valence-electron chi connectivity index (χ1n) is 7.12. The van der Waals surface area contributed by atoms with E-state index in [1.165, 1.54) is 30.5 Å². The van der Waals surface area contributed by atoms with Crippen LogP contribution in [0.1, 0.15) is 5.56 Å². The Morgan fingerprint density at radius 1 is 1.08 bits per heavy atom. The molecule has 1 aliphatic heterocycles. The monoisotopic (exact) mass is 431 g/mol. The molecule has 1 heterocycles. The van der Waals surface area contributed by atoms with Crippen LogP contribution in [0.4, 0.5) is 18.9 Å². The highest BCUT2D eigenvalue weighted by atomic mass is 79.9. The highest BCUT2D eigenvalue weighted by Gasteiger charge is 2.33. The molecule has 1 aromatic rings. The van der Waals surface area contributed by atoms with Gasteiger partial charge in [-0.05, 0) is 46.3 Å². The van der Waals surface area contributed by atoms with Crippen LogP contribution in [0.5, 0.6) is 0 Å². The Hall–Kier alpha value is -2.55. The van der Waals surface area contributed by atoms with Gasteiger partial charge in [0.2, 0.25) is 0 Å². The number of carbonyl (C=O) groups is 2. The molecular formula is C17H13BrF3NO4.